The summed E-state index contributed by atoms with van der Waals surface area (Å²) in [5.74, 6) is -1.22. The van der Waals surface area contributed by atoms with Gasteiger partial charge >= 0.3 is 5.97 Å². The molecular weight excluding hydrogens is 487 g/mol. The van der Waals surface area contributed by atoms with Gasteiger partial charge in [0.05, 0.1) is 33.7 Å². The Balaban J connectivity index is 1.87. The maximum Gasteiger partial charge on any atom is 0.355 e. The first-order chi connectivity index (χ1) is 15.7. The summed E-state index contributed by atoms with van der Waals surface area (Å²) in [4.78, 5) is 28.2. The van der Waals surface area contributed by atoms with Gasteiger partial charge in [-0.3, -0.25) is 4.79 Å². The van der Waals surface area contributed by atoms with Crippen molar-refractivity contribution in [1.82, 2.24) is 9.47 Å². The van der Waals surface area contributed by atoms with Gasteiger partial charge in [0.2, 0.25) is 0 Å². The molecule has 1 aliphatic rings. The third-order valence-electron chi connectivity index (χ3n) is 5.61. The number of carbonyl (C=O) groups excluding carboxylic acids is 2. The molecule has 3 aromatic rings. The van der Waals surface area contributed by atoms with Crippen molar-refractivity contribution in [2.45, 2.75) is 13.5 Å². The smallest absolute Gasteiger partial charge is 0.355 e. The molecule has 33 heavy (non-hydrogen) atoms. The maximum absolute atomic E-state index is 13.6. The molecule has 0 N–H and O–H groups in total. The zero-order valence-corrected chi connectivity index (χ0v) is 20.2. The van der Waals surface area contributed by atoms with Crippen molar-refractivity contribution >= 4 is 55.8 Å². The molecule has 0 atom stereocenters. The summed E-state index contributed by atoms with van der Waals surface area (Å²) < 4.78 is 30.8. The Morgan fingerprint density at radius 2 is 1.73 bits per heavy atom. The molecule has 0 spiro atoms. The third-order valence-corrected chi connectivity index (χ3v) is 7.96. The van der Waals surface area contributed by atoms with E-state index < -0.39 is 21.7 Å². The highest BCUT2D eigenvalue weighted by atomic mass is 35.5. The van der Waals surface area contributed by atoms with Crippen molar-refractivity contribution < 1.29 is 22.7 Å². The van der Waals surface area contributed by atoms with Gasteiger partial charge in [-0.05, 0) is 30.7 Å². The van der Waals surface area contributed by atoms with E-state index in [0.29, 0.717) is 20.9 Å². The number of hydrogen-bond donors (Lipinski definition) is 0. The van der Waals surface area contributed by atoms with Gasteiger partial charge in [0.25, 0.3) is 5.91 Å². The number of fused-ring (bicyclic) bond motifs is 1. The van der Waals surface area contributed by atoms with Crippen molar-refractivity contribution in [3.63, 3.8) is 0 Å². The number of rotatable bonds is 5. The van der Waals surface area contributed by atoms with E-state index in [4.69, 9.17) is 27.9 Å². The number of esters is 1. The number of sulfone groups is 1. The predicted octanol–water partition coefficient (Wildman–Crippen LogP) is 4.04. The van der Waals surface area contributed by atoms with E-state index in [-0.39, 0.29) is 49.0 Å². The summed E-state index contributed by atoms with van der Waals surface area (Å²) in [6, 6.07) is 12.4. The summed E-state index contributed by atoms with van der Waals surface area (Å²) in [6.45, 7) is 2.25. The molecule has 2 heterocycles. The van der Waals surface area contributed by atoms with E-state index in [1.165, 1.54) is 4.90 Å². The number of hydrogen-bond acceptors (Lipinski definition) is 5. The monoisotopic (exact) mass is 508 g/mol. The molecule has 2 aromatic carbocycles. The minimum absolute atomic E-state index is 0.0791. The molecule has 4 rings (SSSR count). The summed E-state index contributed by atoms with van der Waals surface area (Å²) in [7, 11) is -3.17. The van der Waals surface area contributed by atoms with Crippen molar-refractivity contribution in [2.24, 2.45) is 0 Å². The molecule has 0 radical (unpaired) electrons. The lowest BCUT2D eigenvalue weighted by Gasteiger charge is -2.27. The lowest BCUT2D eigenvalue weighted by molar-refractivity contribution is 0.0507. The predicted molar refractivity (Wildman–Crippen MR) is 128 cm³/mol. The van der Waals surface area contributed by atoms with E-state index in [9.17, 15) is 18.0 Å². The Hall–Kier alpha value is -2.55. The molecule has 1 aliphatic heterocycles. The second-order valence-electron chi connectivity index (χ2n) is 7.74. The maximum atomic E-state index is 13.6. The van der Waals surface area contributed by atoms with Gasteiger partial charge in [0.15, 0.2) is 9.84 Å². The standard InChI is InChI=1S/C23H22Cl2N2O5S/c1-2-32-23(29)21-20(22(28)26-9-11-33(30,31)12-10-26)16-5-3-4-6-19(16)27(21)14-15-7-8-17(24)18(25)13-15/h3-8,13H,2,9-12,14H2,1H3. The topological polar surface area (TPSA) is 85.7 Å². The molecule has 1 fully saturated rings. The molecule has 10 heteroatoms. The molecule has 0 unspecified atom stereocenters. The molecule has 0 bridgehead atoms. The van der Waals surface area contributed by atoms with Crippen LogP contribution < -0.4 is 0 Å². The first-order valence-electron chi connectivity index (χ1n) is 10.4. The van der Waals surface area contributed by atoms with Gasteiger partial charge in [0, 0.05) is 30.5 Å². The Labute approximate surface area is 201 Å². The fourth-order valence-corrected chi connectivity index (χ4v) is 5.51. The van der Waals surface area contributed by atoms with E-state index >= 15 is 0 Å². The van der Waals surface area contributed by atoms with Gasteiger partial charge in [-0.1, -0.05) is 47.5 Å². The zero-order valence-electron chi connectivity index (χ0n) is 17.9. The van der Waals surface area contributed by atoms with Crippen molar-refractivity contribution in [3.8, 4) is 0 Å². The number of halogens is 2. The Morgan fingerprint density at radius 1 is 1.03 bits per heavy atom. The average Bonchev–Trinajstić information content (AvgIpc) is 3.10. The molecule has 7 nitrogen and oxygen atoms in total. The largest absolute Gasteiger partial charge is 0.461 e. The molecule has 1 aromatic heterocycles. The SMILES string of the molecule is CCOC(=O)c1c(C(=O)N2CCS(=O)(=O)CC2)c2ccccc2n1Cc1ccc(Cl)c(Cl)c1. The first-order valence-corrected chi connectivity index (χ1v) is 13.0. The van der Waals surface area contributed by atoms with E-state index in [2.05, 4.69) is 0 Å². The number of benzene rings is 2. The minimum Gasteiger partial charge on any atom is -0.461 e. The van der Waals surface area contributed by atoms with Crippen LogP contribution in [0.4, 0.5) is 0 Å². The van der Waals surface area contributed by atoms with Gasteiger partial charge in [0.1, 0.15) is 5.69 Å². The van der Waals surface area contributed by atoms with Crippen LogP contribution in [-0.2, 0) is 21.1 Å². The van der Waals surface area contributed by atoms with Crippen LogP contribution in [0.5, 0.6) is 0 Å². The molecule has 0 aliphatic carbocycles. The Morgan fingerprint density at radius 3 is 2.39 bits per heavy atom. The molecule has 1 amide bonds. The highest BCUT2D eigenvalue weighted by Crippen LogP contribution is 2.31. The van der Waals surface area contributed by atoms with Crippen LogP contribution in [0.2, 0.25) is 10.0 Å². The zero-order chi connectivity index (χ0) is 23.8. The Bertz CT molecular complexity index is 1340. The van der Waals surface area contributed by atoms with E-state index in [0.717, 1.165) is 5.56 Å². The van der Waals surface area contributed by atoms with Crippen molar-refractivity contribution in [3.05, 3.63) is 69.3 Å². The second kappa shape index (κ2) is 9.37. The summed E-state index contributed by atoms with van der Waals surface area (Å²) in [6.07, 6.45) is 0. The van der Waals surface area contributed by atoms with Crippen LogP contribution in [-0.4, -0.2) is 61.0 Å². The third kappa shape index (κ3) is 4.74. The number of para-hydroxylation sites is 1. The van der Waals surface area contributed by atoms with E-state index in [1.807, 2.05) is 12.1 Å². The van der Waals surface area contributed by atoms with Crippen LogP contribution in [0.15, 0.2) is 42.5 Å². The second-order valence-corrected chi connectivity index (χ2v) is 10.9. The number of carbonyl (C=O) groups is 2. The Kier molecular flexibility index (Phi) is 6.70. The average molecular weight is 509 g/mol. The minimum atomic E-state index is -3.17. The van der Waals surface area contributed by atoms with Gasteiger partial charge in [-0.2, -0.15) is 0 Å². The normalized spacial score (nSPS) is 15.5. The molecule has 1 saturated heterocycles. The lowest BCUT2D eigenvalue weighted by Crippen LogP contribution is -2.44. The number of aromatic nitrogens is 1. The quantitative estimate of drug-likeness (QED) is 0.485. The van der Waals surface area contributed by atoms with Crippen LogP contribution in [0.1, 0.15) is 33.3 Å². The lowest BCUT2D eigenvalue weighted by atomic mass is 10.1. The van der Waals surface area contributed by atoms with Gasteiger partial charge in [-0.25, -0.2) is 13.2 Å². The fraction of sp³-hybridized carbons (Fsp3) is 0.304. The van der Waals surface area contributed by atoms with Crippen molar-refractivity contribution in [1.29, 1.82) is 0 Å². The summed E-state index contributed by atoms with van der Waals surface area (Å²) in [5, 5.41) is 1.40. The molecular formula is C23H22Cl2N2O5S. The van der Waals surface area contributed by atoms with Crippen LogP contribution in [0, 0.1) is 0 Å². The number of amides is 1. The van der Waals surface area contributed by atoms with Crippen molar-refractivity contribution in [2.75, 3.05) is 31.2 Å². The first kappa shape index (κ1) is 23.6. The van der Waals surface area contributed by atoms with Gasteiger partial charge < -0.3 is 14.2 Å². The van der Waals surface area contributed by atoms with Crippen LogP contribution >= 0.6 is 23.2 Å². The summed E-state index contributed by atoms with van der Waals surface area (Å²) in [5.41, 5.74) is 1.81. The highest BCUT2D eigenvalue weighted by Gasteiger charge is 2.33. The van der Waals surface area contributed by atoms with Gasteiger partial charge in [-0.15, -0.1) is 0 Å². The highest BCUT2D eigenvalue weighted by molar-refractivity contribution is 7.91. The number of nitrogens with zero attached hydrogens (tertiary/aromatic N) is 2. The summed E-state index contributed by atoms with van der Waals surface area (Å²) >= 11 is 12.2. The fourth-order valence-electron chi connectivity index (χ4n) is 3.99. The van der Waals surface area contributed by atoms with E-state index in [1.54, 1.807) is 41.8 Å². The van der Waals surface area contributed by atoms with Crippen LogP contribution in [0.3, 0.4) is 0 Å². The molecule has 174 valence electrons. The van der Waals surface area contributed by atoms with Crippen LogP contribution in [0.25, 0.3) is 10.9 Å². The number of ether oxygens (including phenoxy) is 1. The molecule has 0 saturated carbocycles.